The maximum Gasteiger partial charge on any atom is 0.273 e. The number of piperidine rings is 1. The molecule has 1 saturated heterocycles. The zero-order chi connectivity index (χ0) is 23.3. The van der Waals surface area contributed by atoms with E-state index in [9.17, 15) is 4.79 Å². The second-order valence-electron chi connectivity index (χ2n) is 8.74. The van der Waals surface area contributed by atoms with Gasteiger partial charge in [-0.25, -0.2) is 5.01 Å². The van der Waals surface area contributed by atoms with Gasteiger partial charge in [0.25, 0.3) is 5.91 Å². The van der Waals surface area contributed by atoms with E-state index >= 15 is 0 Å². The first-order chi connectivity index (χ1) is 16.0. The minimum absolute atomic E-state index is 0.256. The van der Waals surface area contributed by atoms with Crippen molar-refractivity contribution < 1.29 is 4.79 Å². The van der Waals surface area contributed by atoms with Crippen molar-refractivity contribution in [3.05, 3.63) is 75.4 Å². The van der Waals surface area contributed by atoms with Gasteiger partial charge in [0, 0.05) is 34.3 Å². The fraction of sp³-hybridized carbons (Fsp3) is 0.423. The Hall–Kier alpha value is -2.21. The SMILES string of the molecule is CCCCCc1ccc(C2=CN=NC2(C(=O)NN2CCCCC2)c2ccc(Cl)cc2Cl)cc1. The van der Waals surface area contributed by atoms with Crippen molar-refractivity contribution >= 4 is 34.7 Å². The lowest BCUT2D eigenvalue weighted by Gasteiger charge is -2.33. The van der Waals surface area contributed by atoms with Crippen LogP contribution in [0.25, 0.3) is 5.57 Å². The number of rotatable bonds is 8. The van der Waals surface area contributed by atoms with Gasteiger partial charge < -0.3 is 0 Å². The van der Waals surface area contributed by atoms with E-state index in [0.29, 0.717) is 21.2 Å². The second kappa shape index (κ2) is 10.8. The second-order valence-corrected chi connectivity index (χ2v) is 9.58. The molecule has 1 N–H and O–H groups in total. The molecule has 0 aliphatic carbocycles. The van der Waals surface area contributed by atoms with Crippen LogP contribution < -0.4 is 5.43 Å². The largest absolute Gasteiger partial charge is 0.286 e. The lowest BCUT2D eigenvalue weighted by molar-refractivity contribution is -0.130. The summed E-state index contributed by atoms with van der Waals surface area (Å²) < 4.78 is 0. The number of hydrazine groups is 1. The van der Waals surface area contributed by atoms with Crippen LogP contribution in [0.5, 0.6) is 0 Å². The third kappa shape index (κ3) is 5.16. The molecule has 1 atom stereocenters. The van der Waals surface area contributed by atoms with Gasteiger partial charge in [0.05, 0.1) is 6.20 Å². The fourth-order valence-corrected chi connectivity index (χ4v) is 5.08. The highest BCUT2D eigenvalue weighted by Crippen LogP contribution is 2.47. The summed E-state index contributed by atoms with van der Waals surface area (Å²) in [6, 6.07) is 13.5. The number of halogens is 2. The molecule has 0 saturated carbocycles. The van der Waals surface area contributed by atoms with Gasteiger partial charge in [-0.15, -0.1) is 0 Å². The summed E-state index contributed by atoms with van der Waals surface area (Å²) in [5, 5.41) is 11.6. The summed E-state index contributed by atoms with van der Waals surface area (Å²) in [7, 11) is 0. The first-order valence-electron chi connectivity index (χ1n) is 11.8. The minimum atomic E-state index is -1.37. The molecule has 2 aromatic carbocycles. The van der Waals surface area contributed by atoms with Crippen LogP contribution >= 0.6 is 23.2 Å². The molecule has 1 unspecified atom stereocenters. The monoisotopic (exact) mass is 484 g/mol. The Balaban J connectivity index is 1.70. The number of carbonyl (C=O) groups excluding carboxylic acids is 1. The van der Waals surface area contributed by atoms with Gasteiger partial charge in [-0.1, -0.05) is 79.7 Å². The van der Waals surface area contributed by atoms with Crippen LogP contribution in [0, 0.1) is 0 Å². The van der Waals surface area contributed by atoms with Crippen molar-refractivity contribution in [1.29, 1.82) is 0 Å². The molecule has 2 heterocycles. The van der Waals surface area contributed by atoms with Crippen molar-refractivity contribution in [2.45, 2.75) is 57.4 Å². The van der Waals surface area contributed by atoms with Gasteiger partial charge >= 0.3 is 0 Å². The van der Waals surface area contributed by atoms with Crippen LogP contribution in [0.4, 0.5) is 0 Å². The summed E-state index contributed by atoms with van der Waals surface area (Å²) >= 11 is 12.8. The molecule has 5 nitrogen and oxygen atoms in total. The van der Waals surface area contributed by atoms with Crippen molar-refractivity contribution in [2.24, 2.45) is 10.2 Å². The van der Waals surface area contributed by atoms with Gasteiger partial charge in [-0.2, -0.15) is 10.2 Å². The molecule has 0 spiro atoms. The van der Waals surface area contributed by atoms with E-state index in [1.807, 2.05) is 5.01 Å². The number of hydrogen-bond donors (Lipinski definition) is 1. The van der Waals surface area contributed by atoms with E-state index in [1.165, 1.54) is 31.2 Å². The van der Waals surface area contributed by atoms with E-state index in [1.54, 1.807) is 24.4 Å². The number of azo groups is 1. The van der Waals surface area contributed by atoms with Crippen molar-refractivity contribution in [2.75, 3.05) is 13.1 Å². The van der Waals surface area contributed by atoms with Gasteiger partial charge in [0.15, 0.2) is 0 Å². The predicted molar refractivity (Wildman–Crippen MR) is 134 cm³/mol. The summed E-state index contributed by atoms with van der Waals surface area (Å²) in [4.78, 5) is 13.9. The summed E-state index contributed by atoms with van der Waals surface area (Å²) in [6.45, 7) is 3.84. The highest BCUT2D eigenvalue weighted by molar-refractivity contribution is 6.35. The Kier molecular flexibility index (Phi) is 7.84. The Labute approximate surface area is 205 Å². The zero-order valence-electron chi connectivity index (χ0n) is 19.0. The topological polar surface area (TPSA) is 57.1 Å². The van der Waals surface area contributed by atoms with Gasteiger partial charge in [-0.3, -0.25) is 10.2 Å². The summed E-state index contributed by atoms with van der Waals surface area (Å²) in [6.07, 6.45) is 9.60. The van der Waals surface area contributed by atoms with Crippen LogP contribution in [0.15, 0.2) is 58.9 Å². The van der Waals surface area contributed by atoms with Crippen LogP contribution in [0.3, 0.4) is 0 Å². The minimum Gasteiger partial charge on any atom is -0.286 e. The Morgan fingerprint density at radius 3 is 2.52 bits per heavy atom. The summed E-state index contributed by atoms with van der Waals surface area (Å²) in [5.41, 5.74) is 5.19. The number of nitrogens with one attached hydrogen (secondary N) is 1. The van der Waals surface area contributed by atoms with E-state index in [-0.39, 0.29) is 5.91 Å². The standard InChI is InChI=1S/C26H30Cl2N4O/c1-2-3-5-8-19-9-11-20(12-10-19)23-18-29-31-26(23,22-14-13-21(27)17-24(22)28)25(33)30-32-15-6-4-7-16-32/h9-14,17-18H,2-8,15-16H2,1H3,(H,30,33). The number of amides is 1. The van der Waals surface area contributed by atoms with Gasteiger partial charge in [0.2, 0.25) is 5.54 Å². The van der Waals surface area contributed by atoms with Crippen molar-refractivity contribution in [1.82, 2.24) is 10.4 Å². The molecule has 0 bridgehead atoms. The van der Waals surface area contributed by atoms with E-state index in [4.69, 9.17) is 23.2 Å². The molecular weight excluding hydrogens is 455 g/mol. The molecule has 2 aromatic rings. The highest BCUT2D eigenvalue weighted by Gasteiger charge is 2.49. The molecule has 1 amide bonds. The Bertz CT molecular complexity index is 1040. The number of nitrogens with zero attached hydrogens (tertiary/aromatic N) is 3. The molecule has 4 rings (SSSR count). The number of carbonyl (C=O) groups is 1. The highest BCUT2D eigenvalue weighted by atomic mass is 35.5. The third-order valence-electron chi connectivity index (χ3n) is 6.38. The number of unbranched alkanes of at least 4 members (excludes halogenated alkanes) is 2. The van der Waals surface area contributed by atoms with Crippen molar-refractivity contribution in [3.8, 4) is 0 Å². The first-order valence-corrected chi connectivity index (χ1v) is 12.5. The maximum absolute atomic E-state index is 13.9. The quantitative estimate of drug-likeness (QED) is 0.412. The Morgan fingerprint density at radius 1 is 1.06 bits per heavy atom. The van der Waals surface area contributed by atoms with E-state index in [2.05, 4.69) is 46.8 Å². The predicted octanol–water partition coefficient (Wildman–Crippen LogP) is 6.95. The van der Waals surface area contributed by atoms with Crippen LogP contribution in [-0.4, -0.2) is 24.0 Å². The molecule has 1 fully saturated rings. The molecule has 174 valence electrons. The average molecular weight is 485 g/mol. The van der Waals surface area contributed by atoms with E-state index in [0.717, 1.165) is 37.9 Å². The average Bonchev–Trinajstić information content (AvgIpc) is 3.26. The molecule has 2 aliphatic heterocycles. The molecule has 2 aliphatic rings. The molecular formula is C26H30Cl2N4O. The molecule has 0 radical (unpaired) electrons. The van der Waals surface area contributed by atoms with Gasteiger partial charge in [-0.05, 0) is 48.9 Å². The molecule has 33 heavy (non-hydrogen) atoms. The smallest absolute Gasteiger partial charge is 0.273 e. The van der Waals surface area contributed by atoms with Crippen LogP contribution in [0.1, 0.15) is 62.1 Å². The molecule has 7 heteroatoms. The van der Waals surface area contributed by atoms with Crippen molar-refractivity contribution in [3.63, 3.8) is 0 Å². The third-order valence-corrected chi connectivity index (χ3v) is 6.93. The maximum atomic E-state index is 13.9. The number of aryl methyl sites for hydroxylation is 1. The fourth-order valence-electron chi connectivity index (χ4n) is 4.54. The summed E-state index contributed by atoms with van der Waals surface area (Å²) in [5.74, 6) is -0.256. The van der Waals surface area contributed by atoms with Crippen LogP contribution in [0.2, 0.25) is 10.0 Å². The lowest BCUT2D eigenvalue weighted by Crippen LogP contribution is -2.52. The number of benzene rings is 2. The normalized spacial score (nSPS) is 20.6. The Morgan fingerprint density at radius 2 is 1.82 bits per heavy atom. The van der Waals surface area contributed by atoms with Gasteiger partial charge in [0.1, 0.15) is 0 Å². The lowest BCUT2D eigenvalue weighted by atomic mass is 9.79. The first kappa shape index (κ1) is 23.9. The van der Waals surface area contributed by atoms with Crippen LogP contribution in [-0.2, 0) is 16.8 Å². The molecule has 0 aromatic heterocycles. The zero-order valence-corrected chi connectivity index (χ0v) is 20.5. The number of hydrogen-bond acceptors (Lipinski definition) is 4. The van der Waals surface area contributed by atoms with E-state index < -0.39 is 5.54 Å².